The fourth-order valence-electron chi connectivity index (χ4n) is 4.35. The van der Waals surface area contributed by atoms with Crippen LogP contribution in [0.25, 0.3) is 11.1 Å². The Balaban J connectivity index is 1.80. The van der Waals surface area contributed by atoms with Gasteiger partial charge in [0, 0.05) is 29.3 Å². The summed E-state index contributed by atoms with van der Waals surface area (Å²) in [5.41, 5.74) is 5.53. The zero-order valence-corrected chi connectivity index (χ0v) is 20.2. The van der Waals surface area contributed by atoms with Crippen LogP contribution in [0.5, 0.6) is 5.75 Å². The van der Waals surface area contributed by atoms with E-state index in [-0.39, 0.29) is 18.0 Å². The van der Waals surface area contributed by atoms with Gasteiger partial charge in [-0.15, -0.1) is 0 Å². The molecule has 4 rings (SSSR count). The van der Waals surface area contributed by atoms with Crippen LogP contribution in [0, 0.1) is 6.92 Å². The van der Waals surface area contributed by atoms with Crippen LogP contribution in [0.2, 0.25) is 0 Å². The molecule has 0 saturated carbocycles. The molecule has 1 N–H and O–H groups in total. The average Bonchev–Trinajstić information content (AvgIpc) is 2.90. The van der Waals surface area contributed by atoms with Crippen LogP contribution in [0.15, 0.2) is 83.7 Å². The van der Waals surface area contributed by atoms with Crippen LogP contribution in [-0.4, -0.2) is 29.8 Å². The highest BCUT2D eigenvalue weighted by molar-refractivity contribution is 5.94. The third kappa shape index (κ3) is 5.32. The first-order valence-electron chi connectivity index (χ1n) is 11.6. The summed E-state index contributed by atoms with van der Waals surface area (Å²) in [6, 6.07) is 25.1. The molecule has 0 saturated heterocycles. The molecule has 0 aliphatic heterocycles. The molecule has 178 valence electrons. The fraction of sp³-hybridized carbons (Fsp3) is 0.207. The van der Waals surface area contributed by atoms with E-state index in [0.717, 1.165) is 34.4 Å². The van der Waals surface area contributed by atoms with Crippen molar-refractivity contribution in [2.75, 3.05) is 14.2 Å². The van der Waals surface area contributed by atoms with Crippen molar-refractivity contribution in [2.24, 2.45) is 0 Å². The average molecular weight is 468 g/mol. The zero-order chi connectivity index (χ0) is 24.8. The van der Waals surface area contributed by atoms with Gasteiger partial charge in [0.05, 0.1) is 19.3 Å². The minimum atomic E-state index is -0.168. The lowest BCUT2D eigenvalue weighted by Crippen LogP contribution is -2.29. The molecule has 35 heavy (non-hydrogen) atoms. The number of methoxy groups -OCH3 is 1. The minimum Gasteiger partial charge on any atom is -0.496 e. The number of hydrogen-bond acceptors (Lipinski definition) is 4. The molecule has 1 heterocycles. The summed E-state index contributed by atoms with van der Waals surface area (Å²) in [6.07, 6.45) is 1.30. The molecule has 4 aromatic rings. The maximum absolute atomic E-state index is 13.8. The van der Waals surface area contributed by atoms with Crippen molar-refractivity contribution in [1.29, 1.82) is 0 Å². The highest BCUT2D eigenvalue weighted by atomic mass is 16.5. The van der Waals surface area contributed by atoms with Crippen molar-refractivity contribution in [3.05, 3.63) is 117 Å². The third-order valence-corrected chi connectivity index (χ3v) is 6.06. The summed E-state index contributed by atoms with van der Waals surface area (Å²) < 4.78 is 7.11. The van der Waals surface area contributed by atoms with Crippen molar-refractivity contribution in [3.8, 4) is 16.9 Å². The SMILES string of the molecule is CNC(=O)c1cccc(Cn2nc(C)c(-c3ccccc3OC)c(CCc3ccccc3)c2=O)c1. The van der Waals surface area contributed by atoms with E-state index < -0.39 is 0 Å². The molecule has 0 spiro atoms. The topological polar surface area (TPSA) is 73.2 Å². The highest BCUT2D eigenvalue weighted by Gasteiger charge is 2.20. The Morgan fingerprint density at radius 3 is 2.40 bits per heavy atom. The van der Waals surface area contributed by atoms with E-state index in [1.165, 1.54) is 4.68 Å². The Hall–Kier alpha value is -4.19. The van der Waals surface area contributed by atoms with E-state index in [2.05, 4.69) is 22.5 Å². The molecule has 6 nitrogen and oxygen atoms in total. The second-order valence-electron chi connectivity index (χ2n) is 8.37. The second kappa shape index (κ2) is 10.8. The minimum absolute atomic E-state index is 0.141. The van der Waals surface area contributed by atoms with Crippen LogP contribution in [0.1, 0.15) is 32.7 Å². The lowest BCUT2D eigenvalue weighted by Gasteiger charge is -2.17. The summed E-state index contributed by atoms with van der Waals surface area (Å²) in [4.78, 5) is 25.9. The summed E-state index contributed by atoms with van der Waals surface area (Å²) in [6.45, 7) is 2.19. The summed E-state index contributed by atoms with van der Waals surface area (Å²) >= 11 is 0. The van der Waals surface area contributed by atoms with Gasteiger partial charge in [-0.05, 0) is 49.1 Å². The summed E-state index contributed by atoms with van der Waals surface area (Å²) in [5.74, 6) is 0.534. The number of nitrogens with zero attached hydrogens (tertiary/aromatic N) is 2. The van der Waals surface area contributed by atoms with Gasteiger partial charge in [-0.2, -0.15) is 5.10 Å². The van der Waals surface area contributed by atoms with Crippen molar-refractivity contribution < 1.29 is 9.53 Å². The molecule has 0 bridgehead atoms. The molecular formula is C29H29N3O3. The number of aromatic nitrogens is 2. The van der Waals surface area contributed by atoms with Gasteiger partial charge >= 0.3 is 0 Å². The molecule has 1 aromatic heterocycles. The van der Waals surface area contributed by atoms with Gasteiger partial charge in [0.1, 0.15) is 5.75 Å². The van der Waals surface area contributed by atoms with E-state index in [0.29, 0.717) is 23.3 Å². The normalized spacial score (nSPS) is 10.7. The maximum atomic E-state index is 13.8. The van der Waals surface area contributed by atoms with Crippen LogP contribution in [-0.2, 0) is 19.4 Å². The third-order valence-electron chi connectivity index (χ3n) is 6.06. The van der Waals surface area contributed by atoms with Gasteiger partial charge in [-0.25, -0.2) is 4.68 Å². The predicted octanol–water partition coefficient (Wildman–Crippen LogP) is 4.42. The van der Waals surface area contributed by atoms with Crippen LogP contribution >= 0.6 is 0 Å². The first-order chi connectivity index (χ1) is 17.0. The second-order valence-corrected chi connectivity index (χ2v) is 8.37. The molecule has 0 aliphatic rings. The molecule has 0 aliphatic carbocycles. The Kier molecular flexibility index (Phi) is 7.41. The van der Waals surface area contributed by atoms with Crippen LogP contribution in [0.3, 0.4) is 0 Å². The standard InChI is InChI=1S/C29H29N3O3/c1-20-27(24-14-7-8-15-26(24)35-3)25(17-16-21-10-5-4-6-11-21)29(34)32(31-20)19-22-12-9-13-23(18-22)28(33)30-2/h4-15,18H,16-17,19H2,1-3H3,(H,30,33). The lowest BCUT2D eigenvalue weighted by atomic mass is 9.94. The Labute approximate surface area is 205 Å². The monoisotopic (exact) mass is 467 g/mol. The number of benzene rings is 3. The first kappa shape index (κ1) is 24.0. The van der Waals surface area contributed by atoms with Crippen LogP contribution in [0.4, 0.5) is 0 Å². The van der Waals surface area contributed by atoms with Crippen molar-refractivity contribution in [3.63, 3.8) is 0 Å². The van der Waals surface area contributed by atoms with Gasteiger partial charge in [0.2, 0.25) is 0 Å². The molecule has 0 radical (unpaired) electrons. The molecule has 0 fully saturated rings. The van der Waals surface area contributed by atoms with Crippen molar-refractivity contribution in [1.82, 2.24) is 15.1 Å². The summed E-state index contributed by atoms with van der Waals surface area (Å²) in [5, 5.41) is 7.31. The van der Waals surface area contributed by atoms with Gasteiger partial charge in [-0.1, -0.05) is 60.7 Å². The van der Waals surface area contributed by atoms with E-state index in [4.69, 9.17) is 4.74 Å². The molecule has 6 heteroatoms. The Morgan fingerprint density at radius 1 is 0.943 bits per heavy atom. The number of hydrogen-bond donors (Lipinski definition) is 1. The molecule has 3 aromatic carbocycles. The number of carbonyl (C=O) groups excluding carboxylic acids is 1. The fourth-order valence-corrected chi connectivity index (χ4v) is 4.35. The number of amides is 1. The van der Waals surface area contributed by atoms with Crippen LogP contribution < -0.4 is 15.6 Å². The molecule has 0 atom stereocenters. The molecule has 1 amide bonds. The lowest BCUT2D eigenvalue weighted by molar-refractivity contribution is 0.0963. The van der Waals surface area contributed by atoms with E-state index in [1.807, 2.05) is 61.5 Å². The van der Waals surface area contributed by atoms with Gasteiger partial charge in [-0.3, -0.25) is 9.59 Å². The number of ether oxygens (including phenoxy) is 1. The number of nitrogens with one attached hydrogen (secondary N) is 1. The van der Waals surface area contributed by atoms with Gasteiger partial charge in [0.15, 0.2) is 0 Å². The largest absolute Gasteiger partial charge is 0.496 e. The quantitative estimate of drug-likeness (QED) is 0.416. The van der Waals surface area contributed by atoms with Crippen molar-refractivity contribution in [2.45, 2.75) is 26.3 Å². The molecular weight excluding hydrogens is 438 g/mol. The van der Waals surface area contributed by atoms with E-state index in [9.17, 15) is 9.59 Å². The Morgan fingerprint density at radius 2 is 1.66 bits per heavy atom. The number of aryl methyl sites for hydroxylation is 2. The van der Waals surface area contributed by atoms with Crippen molar-refractivity contribution >= 4 is 5.91 Å². The maximum Gasteiger partial charge on any atom is 0.270 e. The number of carbonyl (C=O) groups is 1. The summed E-state index contributed by atoms with van der Waals surface area (Å²) in [7, 11) is 3.23. The van der Waals surface area contributed by atoms with Gasteiger partial charge in [0.25, 0.3) is 11.5 Å². The molecule has 0 unspecified atom stereocenters. The van der Waals surface area contributed by atoms with E-state index in [1.54, 1.807) is 26.3 Å². The smallest absolute Gasteiger partial charge is 0.270 e. The van der Waals surface area contributed by atoms with E-state index >= 15 is 0 Å². The zero-order valence-electron chi connectivity index (χ0n) is 20.2. The highest BCUT2D eigenvalue weighted by Crippen LogP contribution is 2.33. The first-order valence-corrected chi connectivity index (χ1v) is 11.6. The predicted molar refractivity (Wildman–Crippen MR) is 138 cm³/mol. The number of rotatable bonds is 8. The number of para-hydroxylation sites is 1. The van der Waals surface area contributed by atoms with Gasteiger partial charge < -0.3 is 10.1 Å². The Bertz CT molecular complexity index is 1390.